The Kier molecular flexibility index (Phi) is 3.08. The van der Waals surface area contributed by atoms with Crippen LogP contribution in [0.15, 0.2) is 41.7 Å². The molecule has 5 nitrogen and oxygen atoms in total. The predicted molar refractivity (Wildman–Crippen MR) is 73.5 cm³/mol. The number of aromatic hydroxyl groups is 1. The normalized spacial score (nSPS) is 11.0. The SMILES string of the molecule is CSc1ccc(Cc2cnc3ncnn3c2O)cc1. The van der Waals surface area contributed by atoms with Crippen molar-refractivity contribution in [1.29, 1.82) is 0 Å². The molecule has 0 spiro atoms. The molecule has 0 amide bonds. The van der Waals surface area contributed by atoms with Gasteiger partial charge in [0.1, 0.15) is 6.33 Å². The highest BCUT2D eigenvalue weighted by Gasteiger charge is 2.09. The fraction of sp³-hybridized carbons (Fsp3) is 0.154. The van der Waals surface area contributed by atoms with Gasteiger partial charge in [-0.2, -0.15) is 14.6 Å². The number of aromatic nitrogens is 4. The van der Waals surface area contributed by atoms with Crippen LogP contribution in [0.5, 0.6) is 5.88 Å². The molecule has 0 saturated heterocycles. The van der Waals surface area contributed by atoms with Crippen LogP contribution in [0.25, 0.3) is 5.78 Å². The number of hydrogen-bond donors (Lipinski definition) is 1. The number of nitrogens with zero attached hydrogens (tertiary/aromatic N) is 4. The molecule has 96 valence electrons. The van der Waals surface area contributed by atoms with Gasteiger partial charge < -0.3 is 5.11 Å². The summed E-state index contributed by atoms with van der Waals surface area (Å²) in [6.07, 6.45) is 5.67. The molecule has 2 heterocycles. The first-order chi connectivity index (χ1) is 9.28. The number of fused-ring (bicyclic) bond motifs is 1. The third kappa shape index (κ3) is 2.26. The molecule has 0 aliphatic rings. The molecule has 1 N–H and O–H groups in total. The van der Waals surface area contributed by atoms with Crippen molar-refractivity contribution in [2.24, 2.45) is 0 Å². The molecule has 3 rings (SSSR count). The van der Waals surface area contributed by atoms with E-state index >= 15 is 0 Å². The summed E-state index contributed by atoms with van der Waals surface area (Å²) in [6.45, 7) is 0. The van der Waals surface area contributed by atoms with Gasteiger partial charge >= 0.3 is 0 Å². The molecule has 0 saturated carbocycles. The van der Waals surface area contributed by atoms with Crippen molar-refractivity contribution in [3.8, 4) is 5.88 Å². The van der Waals surface area contributed by atoms with E-state index in [-0.39, 0.29) is 5.88 Å². The molecule has 0 radical (unpaired) electrons. The largest absolute Gasteiger partial charge is 0.493 e. The predicted octanol–water partition coefficient (Wildman–Crippen LogP) is 2.14. The zero-order chi connectivity index (χ0) is 13.2. The summed E-state index contributed by atoms with van der Waals surface area (Å²) in [4.78, 5) is 9.31. The van der Waals surface area contributed by atoms with E-state index in [0.29, 0.717) is 12.2 Å². The highest BCUT2D eigenvalue weighted by molar-refractivity contribution is 7.98. The summed E-state index contributed by atoms with van der Waals surface area (Å²) in [5.41, 5.74) is 1.85. The average molecular weight is 272 g/mol. The summed E-state index contributed by atoms with van der Waals surface area (Å²) in [6, 6.07) is 8.24. The van der Waals surface area contributed by atoms with E-state index < -0.39 is 0 Å². The summed E-state index contributed by atoms with van der Waals surface area (Å²) >= 11 is 1.71. The minimum absolute atomic E-state index is 0.0939. The lowest BCUT2D eigenvalue weighted by atomic mass is 10.1. The van der Waals surface area contributed by atoms with Gasteiger partial charge in [0.25, 0.3) is 5.78 Å². The molecule has 0 fully saturated rings. The van der Waals surface area contributed by atoms with Crippen molar-refractivity contribution < 1.29 is 5.11 Å². The van der Waals surface area contributed by atoms with Gasteiger partial charge in [0, 0.05) is 23.1 Å². The van der Waals surface area contributed by atoms with Crippen LogP contribution in [0.3, 0.4) is 0 Å². The van der Waals surface area contributed by atoms with Crippen molar-refractivity contribution >= 4 is 17.5 Å². The third-order valence-corrected chi connectivity index (χ3v) is 3.65. The number of rotatable bonds is 3. The van der Waals surface area contributed by atoms with Crippen molar-refractivity contribution in [1.82, 2.24) is 19.6 Å². The summed E-state index contributed by atoms with van der Waals surface area (Å²) < 4.78 is 1.34. The smallest absolute Gasteiger partial charge is 0.255 e. The Hall–Kier alpha value is -2.08. The minimum atomic E-state index is 0.0939. The molecule has 0 atom stereocenters. The van der Waals surface area contributed by atoms with Gasteiger partial charge in [-0.15, -0.1) is 11.8 Å². The van der Waals surface area contributed by atoms with Crippen LogP contribution in [-0.2, 0) is 6.42 Å². The second kappa shape index (κ2) is 4.89. The maximum Gasteiger partial charge on any atom is 0.255 e. The van der Waals surface area contributed by atoms with Gasteiger partial charge in [0.15, 0.2) is 0 Å². The van der Waals surface area contributed by atoms with Crippen LogP contribution in [0.2, 0.25) is 0 Å². The van der Waals surface area contributed by atoms with Crippen molar-refractivity contribution in [3.05, 3.63) is 47.9 Å². The van der Waals surface area contributed by atoms with Gasteiger partial charge in [-0.1, -0.05) is 12.1 Å². The Labute approximate surface area is 114 Å². The Morgan fingerprint density at radius 3 is 2.74 bits per heavy atom. The fourth-order valence-electron chi connectivity index (χ4n) is 1.89. The van der Waals surface area contributed by atoms with Crippen molar-refractivity contribution in [2.45, 2.75) is 11.3 Å². The van der Waals surface area contributed by atoms with E-state index in [1.807, 2.05) is 6.26 Å². The van der Waals surface area contributed by atoms with Crippen LogP contribution in [0, 0.1) is 0 Å². The molecule has 19 heavy (non-hydrogen) atoms. The van der Waals surface area contributed by atoms with Crippen molar-refractivity contribution in [2.75, 3.05) is 6.26 Å². The zero-order valence-electron chi connectivity index (χ0n) is 10.3. The summed E-state index contributed by atoms with van der Waals surface area (Å²) in [5.74, 6) is 0.496. The first kappa shape index (κ1) is 12.0. The van der Waals surface area contributed by atoms with E-state index in [1.165, 1.54) is 15.7 Å². The molecule has 3 aromatic rings. The van der Waals surface area contributed by atoms with Gasteiger partial charge in [0.2, 0.25) is 5.88 Å². The Bertz CT molecular complexity index is 708. The molecule has 0 bridgehead atoms. The Morgan fingerprint density at radius 1 is 1.21 bits per heavy atom. The molecule has 0 aliphatic carbocycles. The molecule has 2 aromatic heterocycles. The van der Waals surface area contributed by atoms with Crippen molar-refractivity contribution in [3.63, 3.8) is 0 Å². The summed E-state index contributed by atoms with van der Waals surface area (Å²) in [7, 11) is 0. The lowest BCUT2D eigenvalue weighted by molar-refractivity contribution is 0.429. The second-order valence-electron chi connectivity index (χ2n) is 4.10. The highest BCUT2D eigenvalue weighted by atomic mass is 32.2. The maximum absolute atomic E-state index is 10.1. The molecule has 0 unspecified atom stereocenters. The van der Waals surface area contributed by atoms with E-state index in [4.69, 9.17) is 0 Å². The molecule has 1 aromatic carbocycles. The van der Waals surface area contributed by atoms with Gasteiger partial charge in [-0.25, -0.2) is 4.98 Å². The van der Waals surface area contributed by atoms with E-state index in [2.05, 4.69) is 39.3 Å². The summed E-state index contributed by atoms with van der Waals surface area (Å²) in [5, 5.41) is 14.1. The van der Waals surface area contributed by atoms with Gasteiger partial charge in [-0.3, -0.25) is 0 Å². The van der Waals surface area contributed by atoms with Crippen LogP contribution < -0.4 is 0 Å². The number of thioether (sulfide) groups is 1. The van der Waals surface area contributed by atoms with Crippen LogP contribution in [0.4, 0.5) is 0 Å². The van der Waals surface area contributed by atoms with Crippen LogP contribution in [-0.4, -0.2) is 30.9 Å². The van der Waals surface area contributed by atoms with Crippen LogP contribution in [0.1, 0.15) is 11.1 Å². The van der Waals surface area contributed by atoms with Crippen LogP contribution >= 0.6 is 11.8 Å². The number of hydrogen-bond acceptors (Lipinski definition) is 5. The Morgan fingerprint density at radius 2 is 2.00 bits per heavy atom. The standard InChI is InChI=1S/C13H12N4OS/c1-19-11-4-2-9(3-5-11)6-10-7-14-13-15-8-16-17(13)12(10)18/h2-5,7-8,18H,6H2,1H3. The van der Waals surface area contributed by atoms with E-state index in [0.717, 1.165) is 11.1 Å². The van der Waals surface area contributed by atoms with Gasteiger partial charge in [0.05, 0.1) is 0 Å². The second-order valence-corrected chi connectivity index (χ2v) is 4.98. The fourth-order valence-corrected chi connectivity index (χ4v) is 2.30. The van der Waals surface area contributed by atoms with E-state index in [1.54, 1.807) is 18.0 Å². The first-order valence-electron chi connectivity index (χ1n) is 5.77. The Balaban J connectivity index is 1.93. The minimum Gasteiger partial charge on any atom is -0.493 e. The lowest BCUT2D eigenvalue weighted by Crippen LogP contribution is -1.98. The molecular formula is C13H12N4OS. The molecular weight excluding hydrogens is 260 g/mol. The van der Waals surface area contributed by atoms with Gasteiger partial charge in [-0.05, 0) is 24.0 Å². The zero-order valence-corrected chi connectivity index (χ0v) is 11.1. The highest BCUT2D eigenvalue weighted by Crippen LogP contribution is 2.21. The topological polar surface area (TPSA) is 63.3 Å². The quantitative estimate of drug-likeness (QED) is 0.740. The first-order valence-corrected chi connectivity index (χ1v) is 7.00. The molecule has 6 heteroatoms. The van der Waals surface area contributed by atoms with E-state index in [9.17, 15) is 5.11 Å². The number of benzene rings is 1. The third-order valence-electron chi connectivity index (χ3n) is 2.91. The maximum atomic E-state index is 10.1. The lowest BCUT2D eigenvalue weighted by Gasteiger charge is -2.05. The monoisotopic (exact) mass is 272 g/mol. The molecule has 0 aliphatic heterocycles. The average Bonchev–Trinajstić information content (AvgIpc) is 2.92.